The molecular formula is C24H34F2N4O2. The minimum Gasteiger partial charge on any atom is -0.494 e. The van der Waals surface area contributed by atoms with E-state index in [1.807, 2.05) is 24.3 Å². The molecule has 1 amide bonds. The van der Waals surface area contributed by atoms with E-state index in [0.29, 0.717) is 18.2 Å². The van der Waals surface area contributed by atoms with Crippen molar-refractivity contribution in [3.63, 3.8) is 0 Å². The summed E-state index contributed by atoms with van der Waals surface area (Å²) in [6.07, 6.45) is 6.74. The first-order valence-corrected chi connectivity index (χ1v) is 11.4. The molecule has 0 saturated carbocycles. The maximum absolute atomic E-state index is 13.0. The summed E-state index contributed by atoms with van der Waals surface area (Å²) < 4.78 is 33.4. The third kappa shape index (κ3) is 7.02. The average molecular weight is 449 g/mol. The number of amides is 1. The smallest absolute Gasteiger partial charge is 0.256 e. The van der Waals surface area contributed by atoms with Gasteiger partial charge in [0.2, 0.25) is 5.92 Å². The van der Waals surface area contributed by atoms with Gasteiger partial charge >= 0.3 is 0 Å². The van der Waals surface area contributed by atoms with Gasteiger partial charge in [-0.25, -0.2) is 13.5 Å². The molecule has 0 radical (unpaired) electrons. The Morgan fingerprint density at radius 3 is 2.69 bits per heavy atom. The van der Waals surface area contributed by atoms with Crippen LogP contribution in [0, 0.1) is 0 Å². The number of hydrogen-bond acceptors (Lipinski definition) is 4. The number of alkyl halides is 2. The molecule has 1 fully saturated rings. The summed E-state index contributed by atoms with van der Waals surface area (Å²) in [6.45, 7) is 6.39. The van der Waals surface area contributed by atoms with Crippen LogP contribution in [0.5, 0.6) is 5.75 Å². The number of benzene rings is 1. The number of nitrogens with zero attached hydrogens (tertiary/aromatic N) is 4. The first-order valence-electron chi connectivity index (χ1n) is 11.4. The molecule has 1 aromatic carbocycles. The van der Waals surface area contributed by atoms with Crippen molar-refractivity contribution in [2.24, 2.45) is 0 Å². The van der Waals surface area contributed by atoms with Crippen molar-refractivity contribution in [1.82, 2.24) is 19.6 Å². The zero-order valence-electron chi connectivity index (χ0n) is 19.3. The maximum Gasteiger partial charge on any atom is 0.256 e. The number of aromatic nitrogens is 2. The highest BCUT2D eigenvalue weighted by Gasteiger charge is 2.22. The Hall–Kier alpha value is -2.48. The van der Waals surface area contributed by atoms with Crippen LogP contribution in [0.2, 0.25) is 0 Å². The molecule has 32 heavy (non-hydrogen) atoms. The maximum atomic E-state index is 13.0. The molecule has 0 aliphatic carbocycles. The lowest BCUT2D eigenvalue weighted by molar-refractivity contribution is 0.00890. The third-order valence-corrected chi connectivity index (χ3v) is 5.94. The molecule has 2 heterocycles. The van der Waals surface area contributed by atoms with Crippen LogP contribution in [0.25, 0.3) is 5.69 Å². The molecule has 6 nitrogen and oxygen atoms in total. The monoisotopic (exact) mass is 448 g/mol. The zero-order chi connectivity index (χ0) is 23.1. The molecule has 8 heteroatoms. The van der Waals surface area contributed by atoms with Gasteiger partial charge in [0.15, 0.2) is 0 Å². The predicted octanol–water partition coefficient (Wildman–Crippen LogP) is 4.63. The Balaban J connectivity index is 1.46. The van der Waals surface area contributed by atoms with Crippen LogP contribution in [0.3, 0.4) is 0 Å². The summed E-state index contributed by atoms with van der Waals surface area (Å²) >= 11 is 0. The minimum atomic E-state index is -2.71. The second-order valence-corrected chi connectivity index (χ2v) is 8.80. The predicted molar refractivity (Wildman–Crippen MR) is 121 cm³/mol. The summed E-state index contributed by atoms with van der Waals surface area (Å²) in [5, 5.41) is 4.27. The Bertz CT molecular complexity index is 864. The molecule has 1 aliphatic rings. The molecule has 3 rings (SSSR count). The van der Waals surface area contributed by atoms with Crippen molar-refractivity contribution in [3.05, 3.63) is 42.2 Å². The van der Waals surface area contributed by atoms with Gasteiger partial charge in [-0.2, -0.15) is 5.10 Å². The zero-order valence-corrected chi connectivity index (χ0v) is 19.3. The molecule has 0 unspecified atom stereocenters. The van der Waals surface area contributed by atoms with E-state index in [0.717, 1.165) is 31.3 Å². The first kappa shape index (κ1) is 24.2. The molecule has 0 spiro atoms. The molecule has 1 atom stereocenters. The van der Waals surface area contributed by atoms with E-state index in [9.17, 15) is 13.6 Å². The van der Waals surface area contributed by atoms with Crippen LogP contribution in [0.4, 0.5) is 8.78 Å². The fourth-order valence-electron chi connectivity index (χ4n) is 4.00. The number of rotatable bonds is 11. The number of hydrogen-bond donors (Lipinski definition) is 0. The van der Waals surface area contributed by atoms with E-state index in [-0.39, 0.29) is 25.3 Å². The number of ether oxygens (including phenoxy) is 1. The second kappa shape index (κ2) is 10.9. The SMILES string of the molecule is C[C@@H]1CCCN1CCCOc1ccc(-n2cc(C(=O)N(C)CCCC(C)(F)F)cn2)cc1. The summed E-state index contributed by atoms with van der Waals surface area (Å²) in [6, 6.07) is 8.27. The van der Waals surface area contributed by atoms with Gasteiger partial charge < -0.3 is 14.5 Å². The van der Waals surface area contributed by atoms with E-state index >= 15 is 0 Å². The molecule has 2 aromatic rings. The van der Waals surface area contributed by atoms with Gasteiger partial charge in [0.05, 0.1) is 24.1 Å². The standard InChI is InChI=1S/C24H34F2N4O2/c1-19-7-4-14-29(19)15-6-16-32-22-10-8-21(9-11-22)30-18-20(17-27-30)23(31)28(3)13-5-12-24(2,25)26/h8-11,17-19H,4-7,12-16H2,1-3H3/t19-/m1/s1. The Morgan fingerprint density at radius 1 is 1.28 bits per heavy atom. The van der Waals surface area contributed by atoms with Gasteiger partial charge in [-0.1, -0.05) is 0 Å². The van der Waals surface area contributed by atoms with Gasteiger partial charge in [0.25, 0.3) is 5.91 Å². The lowest BCUT2D eigenvalue weighted by atomic mass is 10.2. The largest absolute Gasteiger partial charge is 0.494 e. The Labute approximate surface area is 189 Å². The van der Waals surface area contributed by atoms with Crippen LogP contribution in [-0.2, 0) is 0 Å². The fraction of sp³-hybridized carbons (Fsp3) is 0.583. The first-order chi connectivity index (χ1) is 15.2. The summed E-state index contributed by atoms with van der Waals surface area (Å²) in [5.41, 5.74) is 1.24. The van der Waals surface area contributed by atoms with Crippen molar-refractivity contribution in [1.29, 1.82) is 0 Å². The number of carbonyl (C=O) groups is 1. The lowest BCUT2D eigenvalue weighted by Gasteiger charge is -2.20. The third-order valence-electron chi connectivity index (χ3n) is 5.94. The normalized spacial score (nSPS) is 17.0. The van der Waals surface area contributed by atoms with E-state index < -0.39 is 5.92 Å². The fourth-order valence-corrected chi connectivity index (χ4v) is 4.00. The second-order valence-electron chi connectivity index (χ2n) is 8.80. The molecule has 0 bridgehead atoms. The van der Waals surface area contributed by atoms with Crippen molar-refractivity contribution < 1.29 is 18.3 Å². The van der Waals surface area contributed by atoms with Gasteiger partial charge in [0, 0.05) is 38.8 Å². The molecule has 176 valence electrons. The van der Waals surface area contributed by atoms with Crippen LogP contribution in [0.1, 0.15) is 56.3 Å². The summed E-state index contributed by atoms with van der Waals surface area (Å²) in [5.74, 6) is -2.14. The molecular weight excluding hydrogens is 414 g/mol. The van der Waals surface area contributed by atoms with Gasteiger partial charge in [-0.15, -0.1) is 0 Å². The number of halogens is 2. The topological polar surface area (TPSA) is 50.6 Å². The number of likely N-dealkylation sites (tertiary alicyclic amines) is 1. The highest BCUT2D eigenvalue weighted by molar-refractivity contribution is 5.93. The van der Waals surface area contributed by atoms with E-state index in [1.165, 1.54) is 30.5 Å². The summed E-state index contributed by atoms with van der Waals surface area (Å²) in [4.78, 5) is 16.5. The molecule has 1 saturated heterocycles. The van der Waals surface area contributed by atoms with Crippen molar-refractivity contribution in [2.45, 2.75) is 57.9 Å². The molecule has 1 aliphatic heterocycles. The average Bonchev–Trinajstić information content (AvgIpc) is 3.39. The van der Waals surface area contributed by atoms with E-state index in [4.69, 9.17) is 4.74 Å². The van der Waals surface area contributed by atoms with Crippen LogP contribution in [-0.4, -0.2) is 70.7 Å². The van der Waals surface area contributed by atoms with E-state index in [2.05, 4.69) is 16.9 Å². The highest BCUT2D eigenvalue weighted by atomic mass is 19.3. The Kier molecular flexibility index (Phi) is 8.23. The highest BCUT2D eigenvalue weighted by Crippen LogP contribution is 2.20. The van der Waals surface area contributed by atoms with E-state index in [1.54, 1.807) is 17.9 Å². The van der Waals surface area contributed by atoms with Crippen LogP contribution >= 0.6 is 0 Å². The quantitative estimate of drug-likeness (QED) is 0.470. The Morgan fingerprint density at radius 2 is 2.03 bits per heavy atom. The van der Waals surface area contributed by atoms with Crippen molar-refractivity contribution in [2.75, 3.05) is 33.3 Å². The van der Waals surface area contributed by atoms with Crippen molar-refractivity contribution in [3.8, 4) is 11.4 Å². The van der Waals surface area contributed by atoms with Gasteiger partial charge in [-0.3, -0.25) is 4.79 Å². The van der Waals surface area contributed by atoms with Gasteiger partial charge in [-0.05, 0) is 70.3 Å². The molecule has 0 N–H and O–H groups in total. The van der Waals surface area contributed by atoms with Crippen LogP contribution < -0.4 is 4.74 Å². The molecule has 1 aromatic heterocycles. The summed E-state index contributed by atoms with van der Waals surface area (Å²) in [7, 11) is 1.62. The minimum absolute atomic E-state index is 0.233. The van der Waals surface area contributed by atoms with Crippen LogP contribution in [0.15, 0.2) is 36.7 Å². The number of carbonyl (C=O) groups excluding carboxylic acids is 1. The lowest BCUT2D eigenvalue weighted by Crippen LogP contribution is -2.28. The van der Waals surface area contributed by atoms with Crippen molar-refractivity contribution >= 4 is 5.91 Å². The van der Waals surface area contributed by atoms with Gasteiger partial charge in [0.1, 0.15) is 5.75 Å².